The zero-order chi connectivity index (χ0) is 16.7. The summed E-state index contributed by atoms with van der Waals surface area (Å²) < 4.78 is 5.72. The molecule has 0 fully saturated rings. The maximum absolute atomic E-state index is 11.3. The summed E-state index contributed by atoms with van der Waals surface area (Å²) in [6, 6.07) is 2.75. The molecule has 0 heterocycles. The van der Waals surface area contributed by atoms with Gasteiger partial charge in [0.1, 0.15) is 11.8 Å². The van der Waals surface area contributed by atoms with E-state index in [1.165, 1.54) is 0 Å². The highest BCUT2D eigenvalue weighted by molar-refractivity contribution is 7.98. The Morgan fingerprint density at radius 1 is 1.41 bits per heavy atom. The minimum Gasteiger partial charge on any atom is -0.489 e. The van der Waals surface area contributed by atoms with Crippen LogP contribution in [0.1, 0.15) is 25.8 Å². The van der Waals surface area contributed by atoms with Crippen molar-refractivity contribution in [2.24, 2.45) is 0 Å². The van der Waals surface area contributed by atoms with Gasteiger partial charge in [0.15, 0.2) is 0 Å². The summed E-state index contributed by atoms with van der Waals surface area (Å²) >= 11 is 13.8. The minimum atomic E-state index is -0.867. The smallest absolute Gasteiger partial charge is 0.320 e. The van der Waals surface area contributed by atoms with Gasteiger partial charge >= 0.3 is 5.97 Å². The van der Waals surface area contributed by atoms with Crippen LogP contribution in [0.25, 0.3) is 0 Å². The van der Waals surface area contributed by atoms with E-state index in [1.54, 1.807) is 23.9 Å². The van der Waals surface area contributed by atoms with Crippen molar-refractivity contribution in [1.82, 2.24) is 5.32 Å². The Labute approximate surface area is 145 Å². The number of halogens is 2. The topological polar surface area (TPSA) is 58.6 Å². The quantitative estimate of drug-likeness (QED) is 0.690. The Morgan fingerprint density at radius 3 is 2.64 bits per heavy atom. The van der Waals surface area contributed by atoms with Gasteiger partial charge in [-0.2, -0.15) is 11.8 Å². The van der Waals surface area contributed by atoms with Crippen LogP contribution in [-0.4, -0.2) is 35.2 Å². The fourth-order valence-corrected chi connectivity index (χ4v) is 2.95. The molecule has 1 rings (SSSR count). The Bertz CT molecular complexity index is 512. The van der Waals surface area contributed by atoms with Gasteiger partial charge in [0.25, 0.3) is 0 Å². The molecule has 2 N–H and O–H groups in total. The lowest BCUT2D eigenvalue weighted by atomic mass is 10.1. The van der Waals surface area contributed by atoms with Gasteiger partial charge in [-0.3, -0.25) is 4.79 Å². The van der Waals surface area contributed by atoms with E-state index in [-0.39, 0.29) is 6.10 Å². The fourth-order valence-electron chi connectivity index (χ4n) is 1.89. The standard InChI is InChI=1S/C15H21Cl2NO3S/c1-9(2)21-14-10(6-11(16)7-12(14)17)8-18-13(15(19)20)4-5-22-3/h6-7,9,13,18H,4-5,8H2,1-3H3,(H,19,20). The van der Waals surface area contributed by atoms with Crippen LogP contribution in [0.5, 0.6) is 5.75 Å². The Hall–Kier alpha value is -0.620. The lowest BCUT2D eigenvalue weighted by molar-refractivity contribution is -0.139. The first-order chi connectivity index (χ1) is 10.3. The number of ether oxygens (including phenoxy) is 1. The maximum Gasteiger partial charge on any atom is 0.320 e. The number of carboxylic acid groups (broad SMARTS) is 1. The van der Waals surface area contributed by atoms with E-state index in [9.17, 15) is 9.90 Å². The molecule has 0 spiro atoms. The van der Waals surface area contributed by atoms with Gasteiger partial charge in [0.2, 0.25) is 0 Å². The summed E-state index contributed by atoms with van der Waals surface area (Å²) in [5.41, 5.74) is 0.751. The number of carboxylic acids is 1. The normalized spacial score (nSPS) is 12.5. The third kappa shape index (κ3) is 6.24. The van der Waals surface area contributed by atoms with Crippen LogP contribution in [0.4, 0.5) is 0 Å². The van der Waals surface area contributed by atoms with Crippen LogP contribution in [0.2, 0.25) is 10.0 Å². The van der Waals surface area contributed by atoms with Crippen LogP contribution in [0, 0.1) is 0 Å². The lowest BCUT2D eigenvalue weighted by Gasteiger charge is -2.19. The van der Waals surface area contributed by atoms with Crippen molar-refractivity contribution in [3.63, 3.8) is 0 Å². The van der Waals surface area contributed by atoms with E-state index >= 15 is 0 Å². The van der Waals surface area contributed by atoms with Gasteiger partial charge in [-0.25, -0.2) is 0 Å². The Morgan fingerprint density at radius 2 is 2.09 bits per heavy atom. The number of aliphatic carboxylic acids is 1. The zero-order valence-electron chi connectivity index (χ0n) is 12.9. The molecule has 0 bridgehead atoms. The molecule has 0 aliphatic carbocycles. The van der Waals surface area contributed by atoms with Crippen molar-refractivity contribution >= 4 is 40.9 Å². The molecule has 1 atom stereocenters. The van der Waals surface area contributed by atoms with Crippen LogP contribution < -0.4 is 10.1 Å². The summed E-state index contributed by atoms with van der Waals surface area (Å²) in [6.07, 6.45) is 2.46. The van der Waals surface area contributed by atoms with Crippen molar-refractivity contribution in [2.45, 2.75) is 39.0 Å². The molecule has 1 aromatic carbocycles. The SMILES string of the molecule is CSCCC(NCc1cc(Cl)cc(Cl)c1OC(C)C)C(=O)O. The highest BCUT2D eigenvalue weighted by atomic mass is 35.5. The van der Waals surface area contributed by atoms with Gasteiger partial charge < -0.3 is 15.2 Å². The molecule has 0 aromatic heterocycles. The predicted molar refractivity (Wildman–Crippen MR) is 93.5 cm³/mol. The van der Waals surface area contributed by atoms with E-state index in [0.29, 0.717) is 28.8 Å². The van der Waals surface area contributed by atoms with Gasteiger partial charge in [-0.05, 0) is 44.4 Å². The van der Waals surface area contributed by atoms with E-state index < -0.39 is 12.0 Å². The number of carbonyl (C=O) groups is 1. The molecule has 7 heteroatoms. The molecule has 1 unspecified atom stereocenters. The number of nitrogens with one attached hydrogen (secondary N) is 1. The average molecular weight is 366 g/mol. The van der Waals surface area contributed by atoms with Crippen molar-refractivity contribution < 1.29 is 14.6 Å². The first-order valence-electron chi connectivity index (χ1n) is 6.94. The van der Waals surface area contributed by atoms with Crippen molar-refractivity contribution in [3.05, 3.63) is 27.7 Å². The molecule has 0 aliphatic heterocycles. The number of rotatable bonds is 9. The molecule has 1 aromatic rings. The van der Waals surface area contributed by atoms with Crippen molar-refractivity contribution in [1.29, 1.82) is 0 Å². The second kappa shape index (κ2) is 9.50. The molecule has 0 saturated heterocycles. The number of thioether (sulfide) groups is 1. The summed E-state index contributed by atoms with van der Waals surface area (Å²) in [4.78, 5) is 11.3. The molecular formula is C15H21Cl2NO3S. The van der Waals surface area contributed by atoms with Crippen molar-refractivity contribution in [3.8, 4) is 5.75 Å². The molecular weight excluding hydrogens is 345 g/mol. The summed E-state index contributed by atoms with van der Waals surface area (Å²) in [7, 11) is 0. The monoisotopic (exact) mass is 365 g/mol. The molecule has 124 valence electrons. The maximum atomic E-state index is 11.3. The number of hydrogen-bond donors (Lipinski definition) is 2. The van der Waals surface area contributed by atoms with Crippen molar-refractivity contribution in [2.75, 3.05) is 12.0 Å². The van der Waals surface area contributed by atoms with Gasteiger partial charge in [0.05, 0.1) is 11.1 Å². The van der Waals surface area contributed by atoms with Gasteiger partial charge in [0, 0.05) is 17.1 Å². The number of hydrogen-bond acceptors (Lipinski definition) is 4. The Kier molecular flexibility index (Phi) is 8.39. The largest absolute Gasteiger partial charge is 0.489 e. The van der Waals surface area contributed by atoms with Gasteiger partial charge in [-0.15, -0.1) is 0 Å². The van der Waals surface area contributed by atoms with E-state index in [0.717, 1.165) is 11.3 Å². The predicted octanol–water partition coefficient (Wildman–Crippen LogP) is 4.08. The van der Waals surface area contributed by atoms with E-state index in [2.05, 4.69) is 5.32 Å². The lowest BCUT2D eigenvalue weighted by Crippen LogP contribution is -2.36. The Balaban J connectivity index is 2.88. The van der Waals surface area contributed by atoms with E-state index in [1.807, 2.05) is 20.1 Å². The van der Waals surface area contributed by atoms with Crippen LogP contribution >= 0.6 is 35.0 Å². The summed E-state index contributed by atoms with van der Waals surface area (Å²) in [6.45, 7) is 4.13. The third-order valence-electron chi connectivity index (χ3n) is 2.89. The fraction of sp³-hybridized carbons (Fsp3) is 0.533. The van der Waals surface area contributed by atoms with Gasteiger partial charge in [-0.1, -0.05) is 23.2 Å². The molecule has 0 aliphatic rings. The molecule has 0 radical (unpaired) electrons. The first-order valence-corrected chi connectivity index (χ1v) is 9.09. The second-order valence-corrected chi connectivity index (χ2v) is 6.92. The summed E-state index contributed by atoms with van der Waals surface area (Å²) in [5, 5.41) is 13.2. The molecule has 0 amide bonds. The van der Waals surface area contributed by atoms with E-state index in [4.69, 9.17) is 27.9 Å². The molecule has 0 saturated carbocycles. The zero-order valence-corrected chi connectivity index (χ0v) is 15.2. The molecule has 4 nitrogen and oxygen atoms in total. The van der Waals surface area contributed by atoms with Crippen LogP contribution in [-0.2, 0) is 11.3 Å². The summed E-state index contributed by atoms with van der Waals surface area (Å²) in [5.74, 6) is 0.450. The molecule has 22 heavy (non-hydrogen) atoms. The average Bonchev–Trinajstić information content (AvgIpc) is 2.41. The highest BCUT2D eigenvalue weighted by Gasteiger charge is 2.18. The minimum absolute atomic E-state index is 0.0378. The van der Waals surface area contributed by atoms with Crippen LogP contribution in [0.3, 0.4) is 0 Å². The number of benzene rings is 1. The second-order valence-electron chi connectivity index (χ2n) is 5.10. The third-order valence-corrected chi connectivity index (χ3v) is 4.03. The first kappa shape index (κ1) is 19.4. The van der Waals surface area contributed by atoms with Crippen LogP contribution in [0.15, 0.2) is 12.1 Å². The highest BCUT2D eigenvalue weighted by Crippen LogP contribution is 2.33.